The SMILES string of the molecule is Cc1cc(C2CC(C)CCC2CNC(C)C)ccc1F. The van der Waals surface area contributed by atoms with Gasteiger partial charge in [-0.2, -0.15) is 0 Å². The Balaban J connectivity index is 2.16. The predicted molar refractivity (Wildman–Crippen MR) is 83.5 cm³/mol. The third-order valence-corrected chi connectivity index (χ3v) is 4.65. The molecule has 2 rings (SSSR count). The molecule has 0 amide bonds. The van der Waals surface area contributed by atoms with Crippen molar-refractivity contribution >= 4 is 0 Å². The first-order chi connectivity index (χ1) is 9.47. The Labute approximate surface area is 123 Å². The summed E-state index contributed by atoms with van der Waals surface area (Å²) in [6, 6.07) is 6.22. The van der Waals surface area contributed by atoms with Gasteiger partial charge in [0.15, 0.2) is 0 Å². The zero-order chi connectivity index (χ0) is 14.7. The van der Waals surface area contributed by atoms with Crippen LogP contribution in [0.1, 0.15) is 57.1 Å². The fourth-order valence-corrected chi connectivity index (χ4v) is 3.38. The predicted octanol–water partition coefficient (Wildman–Crippen LogP) is 4.65. The first-order valence-corrected chi connectivity index (χ1v) is 7.96. The van der Waals surface area contributed by atoms with E-state index in [2.05, 4.69) is 32.2 Å². The van der Waals surface area contributed by atoms with Crippen LogP contribution < -0.4 is 5.32 Å². The van der Waals surface area contributed by atoms with E-state index >= 15 is 0 Å². The molecule has 3 atom stereocenters. The lowest BCUT2D eigenvalue weighted by atomic mass is 9.71. The molecule has 0 aliphatic heterocycles. The number of nitrogens with one attached hydrogen (secondary N) is 1. The van der Waals surface area contributed by atoms with E-state index in [1.807, 2.05) is 13.0 Å². The number of hydrogen-bond acceptors (Lipinski definition) is 1. The Morgan fingerprint density at radius 3 is 2.70 bits per heavy atom. The second kappa shape index (κ2) is 6.71. The Kier molecular flexibility index (Phi) is 5.20. The lowest BCUT2D eigenvalue weighted by molar-refractivity contribution is 0.238. The molecule has 0 heterocycles. The molecule has 112 valence electrons. The first-order valence-electron chi connectivity index (χ1n) is 7.96. The molecule has 1 saturated carbocycles. The molecular formula is C18H28FN. The summed E-state index contributed by atoms with van der Waals surface area (Å²) in [6.45, 7) is 9.68. The van der Waals surface area contributed by atoms with Crippen LogP contribution in [0.4, 0.5) is 4.39 Å². The average Bonchev–Trinajstić information content (AvgIpc) is 2.40. The smallest absolute Gasteiger partial charge is 0.126 e. The molecule has 2 heteroatoms. The van der Waals surface area contributed by atoms with Crippen LogP contribution in [0.15, 0.2) is 18.2 Å². The molecule has 20 heavy (non-hydrogen) atoms. The Bertz CT molecular complexity index is 441. The third kappa shape index (κ3) is 3.82. The van der Waals surface area contributed by atoms with E-state index < -0.39 is 0 Å². The van der Waals surface area contributed by atoms with E-state index in [-0.39, 0.29) is 5.82 Å². The summed E-state index contributed by atoms with van der Waals surface area (Å²) in [6.07, 6.45) is 3.83. The van der Waals surface area contributed by atoms with Crippen LogP contribution >= 0.6 is 0 Å². The minimum atomic E-state index is -0.0885. The topological polar surface area (TPSA) is 12.0 Å². The fraction of sp³-hybridized carbons (Fsp3) is 0.667. The Morgan fingerprint density at radius 1 is 1.30 bits per heavy atom. The van der Waals surface area contributed by atoms with Crippen molar-refractivity contribution < 1.29 is 4.39 Å². The molecule has 1 aromatic carbocycles. The summed E-state index contributed by atoms with van der Waals surface area (Å²) < 4.78 is 13.5. The summed E-state index contributed by atoms with van der Waals surface area (Å²) >= 11 is 0. The molecule has 0 spiro atoms. The summed E-state index contributed by atoms with van der Waals surface area (Å²) in [5.74, 6) is 1.94. The van der Waals surface area contributed by atoms with Gasteiger partial charge in [0.1, 0.15) is 5.82 Å². The highest BCUT2D eigenvalue weighted by Gasteiger charge is 2.29. The third-order valence-electron chi connectivity index (χ3n) is 4.65. The van der Waals surface area contributed by atoms with Gasteiger partial charge in [-0.3, -0.25) is 0 Å². The van der Waals surface area contributed by atoms with Gasteiger partial charge < -0.3 is 5.32 Å². The van der Waals surface area contributed by atoms with Crippen LogP contribution in [0.5, 0.6) is 0 Å². The largest absolute Gasteiger partial charge is 0.314 e. The molecule has 1 nitrogen and oxygen atoms in total. The first kappa shape index (κ1) is 15.5. The lowest BCUT2D eigenvalue weighted by Gasteiger charge is -2.36. The van der Waals surface area contributed by atoms with Crippen molar-refractivity contribution in [2.75, 3.05) is 6.54 Å². The normalized spacial score (nSPS) is 27.0. The molecule has 0 aromatic heterocycles. The fourth-order valence-electron chi connectivity index (χ4n) is 3.38. The summed E-state index contributed by atoms with van der Waals surface area (Å²) in [5, 5.41) is 3.58. The van der Waals surface area contributed by atoms with E-state index in [1.165, 1.54) is 24.8 Å². The van der Waals surface area contributed by atoms with E-state index in [0.717, 1.165) is 18.0 Å². The van der Waals surface area contributed by atoms with Crippen molar-refractivity contribution in [2.24, 2.45) is 11.8 Å². The van der Waals surface area contributed by atoms with Crippen LogP contribution in [0.2, 0.25) is 0 Å². The number of halogens is 1. The number of rotatable bonds is 4. The summed E-state index contributed by atoms with van der Waals surface area (Å²) in [5.41, 5.74) is 2.10. The highest BCUT2D eigenvalue weighted by Crippen LogP contribution is 2.40. The van der Waals surface area contributed by atoms with Crippen LogP contribution in [0.3, 0.4) is 0 Å². The summed E-state index contributed by atoms with van der Waals surface area (Å²) in [4.78, 5) is 0. The summed E-state index contributed by atoms with van der Waals surface area (Å²) in [7, 11) is 0. The van der Waals surface area contributed by atoms with Gasteiger partial charge in [0.05, 0.1) is 0 Å². The van der Waals surface area contributed by atoms with Gasteiger partial charge in [-0.1, -0.05) is 39.3 Å². The van der Waals surface area contributed by atoms with Gasteiger partial charge in [0, 0.05) is 6.04 Å². The zero-order valence-electron chi connectivity index (χ0n) is 13.2. The molecular weight excluding hydrogens is 249 g/mol. The maximum atomic E-state index is 13.5. The number of benzene rings is 1. The van der Waals surface area contributed by atoms with Gasteiger partial charge in [0.2, 0.25) is 0 Å². The van der Waals surface area contributed by atoms with Crippen LogP contribution in [-0.4, -0.2) is 12.6 Å². The second-order valence-corrected chi connectivity index (χ2v) is 6.86. The molecule has 0 saturated heterocycles. The molecule has 1 N–H and O–H groups in total. The second-order valence-electron chi connectivity index (χ2n) is 6.86. The van der Waals surface area contributed by atoms with Crippen molar-refractivity contribution in [3.05, 3.63) is 35.1 Å². The average molecular weight is 277 g/mol. The molecule has 0 radical (unpaired) electrons. The van der Waals surface area contributed by atoms with Crippen molar-refractivity contribution in [1.82, 2.24) is 5.32 Å². The molecule has 1 aromatic rings. The van der Waals surface area contributed by atoms with E-state index in [9.17, 15) is 4.39 Å². The molecule has 1 fully saturated rings. The van der Waals surface area contributed by atoms with Gasteiger partial charge in [-0.05, 0) is 61.3 Å². The van der Waals surface area contributed by atoms with Crippen molar-refractivity contribution in [2.45, 2.75) is 58.9 Å². The molecule has 3 unspecified atom stereocenters. The van der Waals surface area contributed by atoms with Gasteiger partial charge in [0.25, 0.3) is 0 Å². The van der Waals surface area contributed by atoms with Crippen molar-refractivity contribution in [3.63, 3.8) is 0 Å². The van der Waals surface area contributed by atoms with Gasteiger partial charge >= 0.3 is 0 Å². The lowest BCUT2D eigenvalue weighted by Crippen LogP contribution is -2.34. The maximum Gasteiger partial charge on any atom is 0.126 e. The van der Waals surface area contributed by atoms with E-state index in [0.29, 0.717) is 17.9 Å². The van der Waals surface area contributed by atoms with E-state index in [1.54, 1.807) is 6.07 Å². The number of aryl methyl sites for hydroxylation is 1. The minimum absolute atomic E-state index is 0.0885. The van der Waals surface area contributed by atoms with Crippen molar-refractivity contribution in [3.8, 4) is 0 Å². The highest BCUT2D eigenvalue weighted by molar-refractivity contribution is 5.28. The van der Waals surface area contributed by atoms with Gasteiger partial charge in [-0.25, -0.2) is 4.39 Å². The van der Waals surface area contributed by atoms with Crippen LogP contribution in [-0.2, 0) is 0 Å². The Hall–Kier alpha value is -0.890. The van der Waals surface area contributed by atoms with Gasteiger partial charge in [-0.15, -0.1) is 0 Å². The van der Waals surface area contributed by atoms with Crippen LogP contribution in [0, 0.1) is 24.6 Å². The maximum absolute atomic E-state index is 13.5. The zero-order valence-corrected chi connectivity index (χ0v) is 13.2. The quantitative estimate of drug-likeness (QED) is 0.844. The number of hydrogen-bond donors (Lipinski definition) is 1. The molecule has 0 bridgehead atoms. The van der Waals surface area contributed by atoms with Crippen molar-refractivity contribution in [1.29, 1.82) is 0 Å². The Morgan fingerprint density at radius 2 is 2.05 bits per heavy atom. The van der Waals surface area contributed by atoms with E-state index in [4.69, 9.17) is 0 Å². The molecule has 1 aliphatic rings. The monoisotopic (exact) mass is 277 g/mol. The molecule has 1 aliphatic carbocycles. The highest BCUT2D eigenvalue weighted by atomic mass is 19.1. The minimum Gasteiger partial charge on any atom is -0.314 e. The van der Waals surface area contributed by atoms with Crippen LogP contribution in [0.25, 0.3) is 0 Å². The standard InChI is InChI=1S/C18H28FN/c1-12(2)20-11-16-6-5-13(3)9-17(16)15-7-8-18(19)14(4)10-15/h7-8,10,12-13,16-17,20H,5-6,9,11H2,1-4H3.